The molecule has 2 rings (SSSR count). The van der Waals surface area contributed by atoms with Crippen LogP contribution in [0.1, 0.15) is 0 Å². The van der Waals surface area contributed by atoms with Crippen LogP contribution in [0.4, 0.5) is 0 Å². The first-order chi connectivity index (χ1) is 5.86. The molecule has 0 unspecified atom stereocenters. The summed E-state index contributed by atoms with van der Waals surface area (Å²) in [5.74, 6) is 0. The first-order valence-electron chi connectivity index (χ1n) is 3.53. The zero-order valence-electron chi connectivity index (χ0n) is 6.24. The Hall–Kier alpha value is -1.28. The predicted octanol–water partition coefficient (Wildman–Crippen LogP) is 2.33. The fraction of sp³-hybridized carbons (Fsp3) is 0. The highest BCUT2D eigenvalue weighted by molar-refractivity contribution is 6.30. The Morgan fingerprint density at radius 1 is 1.25 bits per heavy atom. The van der Waals surface area contributed by atoms with Gasteiger partial charge in [0.05, 0.1) is 0 Å². The lowest BCUT2D eigenvalue weighted by atomic mass is 10.3. The molecule has 0 fully saturated rings. The fourth-order valence-corrected chi connectivity index (χ4v) is 1.10. The number of imidazole rings is 1. The fourth-order valence-electron chi connectivity index (χ4n) is 0.974. The number of aromatic nitrogens is 2. The van der Waals surface area contributed by atoms with E-state index in [0.717, 1.165) is 10.7 Å². The first kappa shape index (κ1) is 7.37. The van der Waals surface area contributed by atoms with Crippen molar-refractivity contribution in [1.82, 2.24) is 9.55 Å². The number of nitrogens with zero attached hydrogens (tertiary/aromatic N) is 2. The van der Waals surface area contributed by atoms with Crippen LogP contribution in [-0.4, -0.2) is 9.55 Å². The Morgan fingerprint density at radius 2 is 2.00 bits per heavy atom. The minimum Gasteiger partial charge on any atom is -0.297 e. The maximum absolute atomic E-state index is 5.74. The Labute approximate surface area is 75.4 Å². The molecule has 2 aromatic rings. The van der Waals surface area contributed by atoms with Gasteiger partial charge < -0.3 is 0 Å². The van der Waals surface area contributed by atoms with Crippen LogP contribution in [0.25, 0.3) is 5.69 Å². The van der Waals surface area contributed by atoms with Gasteiger partial charge in [0.1, 0.15) is 0 Å². The molecular weight excluding hydrogens is 172 g/mol. The molecule has 0 atom stereocenters. The SMILES string of the molecule is Clc1ccc(-n2[c]ncc2)cc1. The molecule has 0 spiro atoms. The molecule has 2 nitrogen and oxygen atoms in total. The first-order valence-corrected chi connectivity index (χ1v) is 3.91. The summed E-state index contributed by atoms with van der Waals surface area (Å²) in [4.78, 5) is 3.83. The van der Waals surface area contributed by atoms with Crippen LogP contribution in [-0.2, 0) is 0 Å². The van der Waals surface area contributed by atoms with E-state index in [1.54, 1.807) is 10.8 Å². The Kier molecular flexibility index (Phi) is 1.84. The Balaban J connectivity index is 2.43. The highest BCUT2D eigenvalue weighted by atomic mass is 35.5. The summed E-state index contributed by atoms with van der Waals surface area (Å²) in [5.41, 5.74) is 1.01. The van der Waals surface area contributed by atoms with E-state index in [1.807, 2.05) is 30.5 Å². The van der Waals surface area contributed by atoms with Crippen molar-refractivity contribution in [2.45, 2.75) is 0 Å². The van der Waals surface area contributed by atoms with Crippen molar-refractivity contribution in [3.05, 3.63) is 48.0 Å². The largest absolute Gasteiger partial charge is 0.297 e. The minimum atomic E-state index is 0.735. The van der Waals surface area contributed by atoms with Gasteiger partial charge in [-0.3, -0.25) is 4.57 Å². The Bertz CT molecular complexity index is 351. The third kappa shape index (κ3) is 1.34. The van der Waals surface area contributed by atoms with Crippen molar-refractivity contribution in [3.63, 3.8) is 0 Å². The summed E-state index contributed by atoms with van der Waals surface area (Å²) >= 11 is 5.74. The lowest BCUT2D eigenvalue weighted by Crippen LogP contribution is -1.88. The molecule has 12 heavy (non-hydrogen) atoms. The molecule has 0 N–H and O–H groups in total. The molecule has 0 amide bonds. The van der Waals surface area contributed by atoms with E-state index >= 15 is 0 Å². The van der Waals surface area contributed by atoms with Gasteiger partial charge in [0, 0.05) is 23.1 Å². The topological polar surface area (TPSA) is 17.8 Å². The van der Waals surface area contributed by atoms with E-state index in [2.05, 4.69) is 11.3 Å². The van der Waals surface area contributed by atoms with E-state index in [9.17, 15) is 0 Å². The molecule has 0 aliphatic rings. The van der Waals surface area contributed by atoms with Crippen LogP contribution in [0, 0.1) is 6.33 Å². The second-order valence-corrected chi connectivity index (χ2v) is 2.81. The predicted molar refractivity (Wildman–Crippen MR) is 47.4 cm³/mol. The van der Waals surface area contributed by atoms with E-state index in [4.69, 9.17) is 11.6 Å². The maximum atomic E-state index is 5.74. The van der Waals surface area contributed by atoms with Crippen molar-refractivity contribution < 1.29 is 0 Å². The van der Waals surface area contributed by atoms with Crippen LogP contribution in [0.5, 0.6) is 0 Å². The van der Waals surface area contributed by atoms with Gasteiger partial charge in [-0.2, -0.15) is 0 Å². The lowest BCUT2D eigenvalue weighted by molar-refractivity contribution is 1.04. The van der Waals surface area contributed by atoms with E-state index in [1.165, 1.54) is 0 Å². The molecule has 1 radical (unpaired) electrons. The third-order valence-electron chi connectivity index (χ3n) is 1.56. The molecule has 59 valence electrons. The number of hydrogen-bond acceptors (Lipinski definition) is 1. The normalized spacial score (nSPS) is 10.1. The van der Waals surface area contributed by atoms with Crippen LogP contribution < -0.4 is 0 Å². The highest BCUT2D eigenvalue weighted by Gasteiger charge is 1.93. The molecular formula is C9H6ClN2. The second-order valence-electron chi connectivity index (χ2n) is 2.37. The van der Waals surface area contributed by atoms with Crippen LogP contribution in [0.15, 0.2) is 36.7 Å². The molecule has 1 aromatic carbocycles. The van der Waals surface area contributed by atoms with Gasteiger partial charge in [-0.25, -0.2) is 4.98 Å². The van der Waals surface area contributed by atoms with Crippen molar-refractivity contribution in [1.29, 1.82) is 0 Å². The van der Waals surface area contributed by atoms with E-state index in [-0.39, 0.29) is 0 Å². The highest BCUT2D eigenvalue weighted by Crippen LogP contribution is 2.12. The average molecular weight is 178 g/mol. The number of benzene rings is 1. The van der Waals surface area contributed by atoms with Gasteiger partial charge in [-0.15, -0.1) is 0 Å². The zero-order chi connectivity index (χ0) is 8.39. The standard InChI is InChI=1S/C9H6ClN2/c10-8-1-3-9(4-2-8)12-6-5-11-7-12/h1-6H. The average Bonchev–Trinajstić information content (AvgIpc) is 2.58. The van der Waals surface area contributed by atoms with Crippen molar-refractivity contribution in [3.8, 4) is 5.69 Å². The quantitative estimate of drug-likeness (QED) is 0.654. The maximum Gasteiger partial charge on any atom is 0.181 e. The van der Waals surface area contributed by atoms with Crippen LogP contribution in [0.3, 0.4) is 0 Å². The molecule has 0 saturated carbocycles. The molecule has 0 aliphatic heterocycles. The van der Waals surface area contributed by atoms with Gasteiger partial charge in [0.2, 0.25) is 0 Å². The number of halogens is 1. The van der Waals surface area contributed by atoms with Crippen molar-refractivity contribution >= 4 is 11.6 Å². The van der Waals surface area contributed by atoms with Crippen molar-refractivity contribution in [2.24, 2.45) is 0 Å². The third-order valence-corrected chi connectivity index (χ3v) is 1.81. The van der Waals surface area contributed by atoms with Gasteiger partial charge in [0.25, 0.3) is 0 Å². The molecule has 0 aliphatic carbocycles. The summed E-state index contributed by atoms with van der Waals surface area (Å²) < 4.78 is 1.80. The lowest BCUT2D eigenvalue weighted by Gasteiger charge is -1.99. The number of hydrogen-bond donors (Lipinski definition) is 0. The summed E-state index contributed by atoms with van der Waals surface area (Å²) in [7, 11) is 0. The summed E-state index contributed by atoms with van der Waals surface area (Å²) in [6.45, 7) is 0. The molecule has 1 heterocycles. The molecule has 1 aromatic heterocycles. The smallest absolute Gasteiger partial charge is 0.181 e. The van der Waals surface area contributed by atoms with E-state index < -0.39 is 0 Å². The Morgan fingerprint density at radius 3 is 2.58 bits per heavy atom. The molecule has 0 bridgehead atoms. The second kappa shape index (κ2) is 2.99. The van der Waals surface area contributed by atoms with Crippen LogP contribution >= 0.6 is 11.6 Å². The summed E-state index contributed by atoms with van der Waals surface area (Å²) in [5, 5.41) is 0.735. The van der Waals surface area contributed by atoms with Gasteiger partial charge >= 0.3 is 0 Å². The van der Waals surface area contributed by atoms with Gasteiger partial charge in [-0.05, 0) is 24.3 Å². The molecule has 0 saturated heterocycles. The minimum absolute atomic E-state index is 0.735. The summed E-state index contributed by atoms with van der Waals surface area (Å²) in [6, 6.07) is 7.51. The monoisotopic (exact) mass is 177 g/mol. The zero-order valence-corrected chi connectivity index (χ0v) is 6.99. The van der Waals surface area contributed by atoms with Gasteiger partial charge in [0.15, 0.2) is 6.33 Å². The summed E-state index contributed by atoms with van der Waals surface area (Å²) in [6.07, 6.45) is 6.32. The molecule has 3 heteroatoms. The van der Waals surface area contributed by atoms with Crippen LogP contribution in [0.2, 0.25) is 5.02 Å². The van der Waals surface area contributed by atoms with Gasteiger partial charge in [-0.1, -0.05) is 11.6 Å². The van der Waals surface area contributed by atoms with E-state index in [0.29, 0.717) is 0 Å². The van der Waals surface area contributed by atoms with Crippen molar-refractivity contribution in [2.75, 3.05) is 0 Å². The number of rotatable bonds is 1.